The van der Waals surface area contributed by atoms with E-state index in [0.717, 1.165) is 20.8 Å². The number of aryl methyl sites for hydroxylation is 2. The predicted molar refractivity (Wildman–Crippen MR) is 119 cm³/mol. The van der Waals surface area contributed by atoms with E-state index in [4.69, 9.17) is 0 Å². The van der Waals surface area contributed by atoms with Crippen molar-refractivity contribution in [2.75, 3.05) is 13.6 Å². The van der Waals surface area contributed by atoms with Crippen LogP contribution < -0.4 is 10.9 Å². The first-order valence-corrected chi connectivity index (χ1v) is 10.4. The third-order valence-electron chi connectivity index (χ3n) is 4.47. The molecule has 7 heteroatoms. The lowest BCUT2D eigenvalue weighted by Gasteiger charge is -2.23. The minimum absolute atomic E-state index is 0.0583. The molecular formula is C22H28N4O2S. The minimum atomic E-state index is -0.274. The zero-order chi connectivity index (χ0) is 21.3. The van der Waals surface area contributed by atoms with Crippen LogP contribution in [0.3, 0.4) is 0 Å². The fourth-order valence-electron chi connectivity index (χ4n) is 3.32. The summed E-state index contributed by atoms with van der Waals surface area (Å²) in [6.45, 7) is 10.5. The van der Waals surface area contributed by atoms with Crippen molar-refractivity contribution in [2.45, 2.75) is 46.7 Å². The van der Waals surface area contributed by atoms with Crippen molar-refractivity contribution in [3.63, 3.8) is 0 Å². The predicted octanol–water partition coefficient (Wildman–Crippen LogP) is 3.61. The van der Waals surface area contributed by atoms with Gasteiger partial charge in [-0.05, 0) is 47.2 Å². The fraction of sp³-hybridized carbons (Fsp3) is 0.409. The maximum Gasteiger partial charge on any atom is 0.260 e. The first-order valence-electron chi connectivity index (χ1n) is 9.62. The Balaban J connectivity index is 1.86. The van der Waals surface area contributed by atoms with E-state index in [9.17, 15) is 9.59 Å². The van der Waals surface area contributed by atoms with Crippen LogP contribution in [-0.2, 0) is 11.3 Å². The van der Waals surface area contributed by atoms with Crippen molar-refractivity contribution < 1.29 is 4.79 Å². The molecule has 0 spiro atoms. The lowest BCUT2D eigenvalue weighted by atomic mass is 10.0. The van der Waals surface area contributed by atoms with Crippen molar-refractivity contribution in [2.24, 2.45) is 0 Å². The number of aromatic amines is 1. The maximum atomic E-state index is 12.9. The summed E-state index contributed by atoms with van der Waals surface area (Å²) in [6.07, 6.45) is 0. The highest BCUT2D eigenvalue weighted by atomic mass is 32.1. The molecule has 0 radical (unpaired) electrons. The zero-order valence-corrected chi connectivity index (χ0v) is 18.7. The summed E-state index contributed by atoms with van der Waals surface area (Å²) in [7, 11) is 1.84. The molecule has 0 fully saturated rings. The third-order valence-corrected chi connectivity index (χ3v) is 5.47. The van der Waals surface area contributed by atoms with Crippen molar-refractivity contribution in [3.8, 4) is 11.1 Å². The van der Waals surface area contributed by atoms with Crippen molar-refractivity contribution in [1.82, 2.24) is 20.2 Å². The quantitative estimate of drug-likeness (QED) is 0.671. The summed E-state index contributed by atoms with van der Waals surface area (Å²) >= 11 is 1.53. The monoisotopic (exact) mass is 412 g/mol. The Bertz CT molecular complexity index is 1090. The molecular weight excluding hydrogens is 384 g/mol. The molecule has 0 saturated heterocycles. The number of carbonyl (C=O) groups excluding carboxylic acids is 1. The van der Waals surface area contributed by atoms with E-state index in [2.05, 4.69) is 15.3 Å². The standard InChI is InChI=1S/C22H28N4O2S/c1-13-7-9-15(10-8-13)18-14(2)29-21-19(18)20(28)23-16(24-21)11-26(6)12-17(27)25-22(3,4)5/h7-10H,11-12H2,1-6H3,(H,25,27)(H,23,24,28). The number of H-pyrrole nitrogens is 1. The van der Waals surface area contributed by atoms with Crippen LogP contribution in [-0.4, -0.2) is 39.9 Å². The highest BCUT2D eigenvalue weighted by Crippen LogP contribution is 2.35. The normalized spacial score (nSPS) is 12.0. The van der Waals surface area contributed by atoms with Crippen LogP contribution in [0.25, 0.3) is 21.3 Å². The lowest BCUT2D eigenvalue weighted by Crippen LogP contribution is -2.45. The van der Waals surface area contributed by atoms with Gasteiger partial charge in [0, 0.05) is 16.0 Å². The SMILES string of the molecule is Cc1ccc(-c2c(C)sc3nc(CN(C)CC(=O)NC(C)(C)C)[nH]c(=O)c23)cc1. The van der Waals surface area contributed by atoms with E-state index < -0.39 is 0 Å². The second-order valence-electron chi connectivity index (χ2n) is 8.56. The van der Waals surface area contributed by atoms with E-state index >= 15 is 0 Å². The number of fused-ring (bicyclic) bond motifs is 1. The van der Waals surface area contributed by atoms with Gasteiger partial charge in [0.2, 0.25) is 5.91 Å². The molecule has 0 aliphatic carbocycles. The molecule has 29 heavy (non-hydrogen) atoms. The molecule has 0 bridgehead atoms. The molecule has 154 valence electrons. The number of carbonyl (C=O) groups is 1. The summed E-state index contributed by atoms with van der Waals surface area (Å²) in [5, 5.41) is 3.57. The summed E-state index contributed by atoms with van der Waals surface area (Å²) in [6, 6.07) is 8.18. The minimum Gasteiger partial charge on any atom is -0.350 e. The molecule has 6 nitrogen and oxygen atoms in total. The van der Waals surface area contributed by atoms with Crippen LogP contribution in [0, 0.1) is 13.8 Å². The van der Waals surface area contributed by atoms with E-state index in [-0.39, 0.29) is 23.6 Å². The van der Waals surface area contributed by atoms with E-state index in [0.29, 0.717) is 17.8 Å². The van der Waals surface area contributed by atoms with Gasteiger partial charge in [-0.25, -0.2) is 4.98 Å². The smallest absolute Gasteiger partial charge is 0.260 e. The van der Waals surface area contributed by atoms with Gasteiger partial charge < -0.3 is 10.3 Å². The molecule has 1 amide bonds. The summed E-state index contributed by atoms with van der Waals surface area (Å²) in [4.78, 5) is 36.2. The number of aromatic nitrogens is 2. The average molecular weight is 413 g/mol. The number of hydrogen-bond donors (Lipinski definition) is 2. The maximum absolute atomic E-state index is 12.9. The molecule has 0 aliphatic heterocycles. The lowest BCUT2D eigenvalue weighted by molar-refractivity contribution is -0.123. The average Bonchev–Trinajstić information content (AvgIpc) is 2.90. The molecule has 2 aromatic heterocycles. The van der Waals surface area contributed by atoms with Crippen molar-refractivity contribution in [3.05, 3.63) is 50.9 Å². The van der Waals surface area contributed by atoms with Gasteiger partial charge >= 0.3 is 0 Å². The van der Waals surface area contributed by atoms with Crippen LogP contribution in [0.15, 0.2) is 29.1 Å². The van der Waals surface area contributed by atoms with Gasteiger partial charge in [0.15, 0.2) is 0 Å². The number of likely N-dealkylation sites (N-methyl/N-ethyl adjacent to an activating group) is 1. The highest BCUT2D eigenvalue weighted by molar-refractivity contribution is 7.19. The number of nitrogens with one attached hydrogen (secondary N) is 2. The summed E-state index contributed by atoms with van der Waals surface area (Å²) < 4.78 is 0. The molecule has 1 aromatic carbocycles. The highest BCUT2D eigenvalue weighted by Gasteiger charge is 2.18. The number of hydrogen-bond acceptors (Lipinski definition) is 5. The molecule has 0 aliphatic rings. The third kappa shape index (κ3) is 5.10. The van der Waals surface area contributed by atoms with E-state index in [1.165, 1.54) is 16.9 Å². The Morgan fingerprint density at radius 3 is 2.48 bits per heavy atom. The summed E-state index contributed by atoms with van der Waals surface area (Å²) in [5.74, 6) is 0.502. The molecule has 3 rings (SSSR count). The second-order valence-corrected chi connectivity index (χ2v) is 9.77. The number of amides is 1. The van der Waals surface area contributed by atoms with Gasteiger partial charge in [-0.1, -0.05) is 29.8 Å². The van der Waals surface area contributed by atoms with Crippen molar-refractivity contribution >= 4 is 27.5 Å². The fourth-order valence-corrected chi connectivity index (χ4v) is 4.39. The number of nitrogens with zero attached hydrogens (tertiary/aromatic N) is 2. The first-order chi connectivity index (χ1) is 13.5. The zero-order valence-electron chi connectivity index (χ0n) is 17.8. The van der Waals surface area contributed by atoms with E-state index in [1.807, 2.05) is 70.8 Å². The Hall–Kier alpha value is -2.51. The Labute approximate surface area is 175 Å². The molecule has 0 saturated carbocycles. The largest absolute Gasteiger partial charge is 0.350 e. The van der Waals surface area contributed by atoms with Crippen LogP contribution >= 0.6 is 11.3 Å². The van der Waals surface area contributed by atoms with Crippen molar-refractivity contribution in [1.29, 1.82) is 0 Å². The first kappa shape index (κ1) is 21.2. The number of benzene rings is 1. The summed E-state index contributed by atoms with van der Waals surface area (Å²) in [5.41, 5.74) is 2.74. The van der Waals surface area contributed by atoms with Gasteiger partial charge in [-0.3, -0.25) is 14.5 Å². The molecule has 2 heterocycles. The van der Waals surface area contributed by atoms with Crippen LogP contribution in [0.2, 0.25) is 0 Å². The van der Waals surface area contributed by atoms with Gasteiger partial charge in [-0.15, -0.1) is 11.3 Å². The van der Waals surface area contributed by atoms with Gasteiger partial charge in [0.25, 0.3) is 5.56 Å². The number of thiophene rings is 1. The molecule has 0 atom stereocenters. The van der Waals surface area contributed by atoms with E-state index in [1.54, 1.807) is 0 Å². The molecule has 0 unspecified atom stereocenters. The molecule has 2 N–H and O–H groups in total. The van der Waals surface area contributed by atoms with Gasteiger partial charge in [-0.2, -0.15) is 0 Å². The Morgan fingerprint density at radius 2 is 1.86 bits per heavy atom. The van der Waals surface area contributed by atoms with Crippen LogP contribution in [0.5, 0.6) is 0 Å². The Kier molecular flexibility index (Phi) is 5.91. The number of rotatable bonds is 5. The second kappa shape index (κ2) is 8.08. The van der Waals surface area contributed by atoms with Crippen LogP contribution in [0.1, 0.15) is 37.0 Å². The van der Waals surface area contributed by atoms with Gasteiger partial charge in [0.05, 0.1) is 18.5 Å². The molecule has 3 aromatic rings. The van der Waals surface area contributed by atoms with Gasteiger partial charge in [0.1, 0.15) is 10.7 Å². The Morgan fingerprint density at radius 1 is 1.21 bits per heavy atom. The van der Waals surface area contributed by atoms with Crippen LogP contribution in [0.4, 0.5) is 0 Å². The topological polar surface area (TPSA) is 78.1 Å².